The van der Waals surface area contributed by atoms with E-state index in [9.17, 15) is 14.7 Å². The Hall–Kier alpha value is -2.00. The van der Waals surface area contributed by atoms with Crippen LogP contribution in [0.4, 0.5) is 10.5 Å². The van der Waals surface area contributed by atoms with E-state index in [0.717, 1.165) is 0 Å². The highest BCUT2D eigenvalue weighted by Crippen LogP contribution is 2.40. The van der Waals surface area contributed by atoms with E-state index >= 15 is 0 Å². The Balaban J connectivity index is 2.11. The Labute approximate surface area is 150 Å². The zero-order valence-corrected chi connectivity index (χ0v) is 15.6. The molecule has 0 unspecified atom stereocenters. The fourth-order valence-corrected chi connectivity index (χ4v) is 3.35. The van der Waals surface area contributed by atoms with Gasteiger partial charge in [0.1, 0.15) is 22.8 Å². The van der Waals surface area contributed by atoms with Crippen molar-refractivity contribution in [2.45, 2.75) is 32.4 Å². The number of nitrogens with zero attached hydrogens (tertiary/aromatic N) is 1. The van der Waals surface area contributed by atoms with Crippen LogP contribution in [0.3, 0.4) is 0 Å². The van der Waals surface area contributed by atoms with Gasteiger partial charge in [-0.05, 0) is 20.8 Å². The molecule has 0 bridgehead atoms. The predicted octanol–water partition coefficient (Wildman–Crippen LogP) is 1.62. The zero-order valence-electron chi connectivity index (χ0n) is 14.8. The van der Waals surface area contributed by atoms with Crippen molar-refractivity contribution in [1.82, 2.24) is 5.32 Å². The van der Waals surface area contributed by atoms with Crippen LogP contribution in [-0.2, 0) is 9.47 Å². The molecule has 0 fully saturated rings. The van der Waals surface area contributed by atoms with Gasteiger partial charge in [-0.15, -0.1) is 11.3 Å². The van der Waals surface area contributed by atoms with Crippen LogP contribution in [0.2, 0.25) is 0 Å². The molecule has 1 aromatic heterocycles. The number of hydrogen-bond donors (Lipinski definition) is 2. The highest BCUT2D eigenvalue weighted by Gasteiger charge is 2.30. The number of carbonyl (C=O) groups excluding carboxylic acids is 2. The van der Waals surface area contributed by atoms with E-state index in [1.54, 1.807) is 26.2 Å². The van der Waals surface area contributed by atoms with Crippen molar-refractivity contribution in [1.29, 1.82) is 0 Å². The van der Waals surface area contributed by atoms with Crippen molar-refractivity contribution < 1.29 is 28.9 Å². The van der Waals surface area contributed by atoms with E-state index in [2.05, 4.69) is 5.32 Å². The molecule has 0 spiro atoms. The van der Waals surface area contributed by atoms with Gasteiger partial charge in [-0.2, -0.15) is 0 Å². The molecule has 25 heavy (non-hydrogen) atoms. The second kappa shape index (κ2) is 7.92. The van der Waals surface area contributed by atoms with Crippen LogP contribution in [0.1, 0.15) is 30.4 Å². The average Bonchev–Trinajstić information content (AvgIpc) is 2.96. The number of aliphatic hydroxyl groups excluding tert-OH is 1. The third-order valence-electron chi connectivity index (χ3n) is 3.42. The molecule has 1 amide bonds. The molecule has 1 aliphatic rings. The van der Waals surface area contributed by atoms with E-state index in [1.807, 2.05) is 4.90 Å². The second-order valence-corrected chi connectivity index (χ2v) is 7.47. The minimum absolute atomic E-state index is 0.260. The summed E-state index contributed by atoms with van der Waals surface area (Å²) in [5.41, 5.74) is 0.00860. The number of alkyl carbamates (subject to hydrolysis) is 1. The number of fused-ring (bicyclic) bond motifs is 1. The molecule has 0 radical (unpaired) electrons. The van der Waals surface area contributed by atoms with Crippen molar-refractivity contribution in [3.05, 3.63) is 10.3 Å². The quantitative estimate of drug-likeness (QED) is 0.758. The van der Waals surface area contributed by atoms with Crippen LogP contribution in [0.25, 0.3) is 0 Å². The summed E-state index contributed by atoms with van der Waals surface area (Å²) in [5.74, 6) is 0.160. The number of carbonyl (C=O) groups is 2. The van der Waals surface area contributed by atoms with E-state index in [0.29, 0.717) is 36.0 Å². The monoisotopic (exact) mass is 372 g/mol. The van der Waals surface area contributed by atoms with E-state index in [4.69, 9.17) is 14.2 Å². The van der Waals surface area contributed by atoms with Gasteiger partial charge >= 0.3 is 12.1 Å². The number of ether oxygens (including phenoxy) is 3. The first-order valence-electron chi connectivity index (χ1n) is 7.93. The summed E-state index contributed by atoms with van der Waals surface area (Å²) in [5, 5.41) is 14.0. The number of hydrogen-bond acceptors (Lipinski definition) is 8. The molecule has 1 aliphatic heterocycles. The molecule has 2 heterocycles. The average molecular weight is 372 g/mol. The van der Waals surface area contributed by atoms with Gasteiger partial charge in [0.05, 0.1) is 26.3 Å². The smallest absolute Gasteiger partial charge is 0.408 e. The first-order valence-corrected chi connectivity index (χ1v) is 8.81. The van der Waals surface area contributed by atoms with Crippen molar-refractivity contribution in [2.24, 2.45) is 0 Å². The first-order chi connectivity index (χ1) is 11.7. The maximum atomic E-state index is 11.9. The molecule has 1 aromatic rings. The Bertz CT molecular complexity index is 625. The topological polar surface area (TPSA) is 97.3 Å². The first kappa shape index (κ1) is 19.3. The highest BCUT2D eigenvalue weighted by molar-refractivity contribution is 7.13. The lowest BCUT2D eigenvalue weighted by molar-refractivity contribution is 0.0483. The van der Waals surface area contributed by atoms with Crippen LogP contribution in [-0.4, -0.2) is 62.2 Å². The number of rotatable bonds is 5. The minimum atomic E-state index is -0.623. The largest absolute Gasteiger partial charge is 0.489 e. The summed E-state index contributed by atoms with van der Waals surface area (Å²) >= 11 is 1.24. The number of methoxy groups -OCH3 is 1. The fourth-order valence-electron chi connectivity index (χ4n) is 2.42. The molecule has 0 aromatic carbocycles. The van der Waals surface area contributed by atoms with Gasteiger partial charge in [0.2, 0.25) is 0 Å². The van der Waals surface area contributed by atoms with E-state index in [-0.39, 0.29) is 6.61 Å². The standard InChI is InChI=1S/C16H24N2O6S/c1-16(2,3)24-15(21)17-10(8-19)7-18-5-6-23-11-9-25-13(12(11)18)14(20)22-4/h9-10,19H,5-8H2,1-4H3,(H,17,21)/t10-/m1/s1. The van der Waals surface area contributed by atoms with Gasteiger partial charge in [0.25, 0.3) is 0 Å². The molecule has 140 valence electrons. The Kier molecular flexibility index (Phi) is 6.12. The molecule has 1 atom stereocenters. The summed E-state index contributed by atoms with van der Waals surface area (Å²) < 4.78 is 15.6. The molecular weight excluding hydrogens is 348 g/mol. The third kappa shape index (κ3) is 4.99. The minimum Gasteiger partial charge on any atom is -0.489 e. The molecule has 2 N–H and O–H groups in total. The summed E-state index contributed by atoms with van der Waals surface area (Å²) in [6.45, 7) is 6.33. The molecule has 2 rings (SSSR count). The summed E-state index contributed by atoms with van der Waals surface area (Å²) in [4.78, 5) is 26.2. The number of amides is 1. The van der Waals surface area contributed by atoms with Crippen LogP contribution in [0, 0.1) is 0 Å². The number of nitrogens with one attached hydrogen (secondary N) is 1. The van der Waals surface area contributed by atoms with Gasteiger partial charge in [-0.1, -0.05) is 0 Å². The Morgan fingerprint density at radius 2 is 2.20 bits per heavy atom. The molecule has 0 saturated carbocycles. The van der Waals surface area contributed by atoms with Crippen molar-refractivity contribution >= 4 is 29.1 Å². The van der Waals surface area contributed by atoms with Crippen molar-refractivity contribution in [3.63, 3.8) is 0 Å². The van der Waals surface area contributed by atoms with Gasteiger partial charge in [0, 0.05) is 11.9 Å². The normalized spacial score (nSPS) is 15.0. The van der Waals surface area contributed by atoms with Gasteiger partial charge in [0.15, 0.2) is 5.75 Å². The Morgan fingerprint density at radius 1 is 1.48 bits per heavy atom. The molecule has 9 heteroatoms. The molecule has 0 aliphatic carbocycles. The maximum absolute atomic E-state index is 11.9. The fraction of sp³-hybridized carbons (Fsp3) is 0.625. The lowest BCUT2D eigenvalue weighted by Crippen LogP contribution is -2.49. The number of anilines is 1. The van der Waals surface area contributed by atoms with Crippen molar-refractivity contribution in [2.75, 3.05) is 38.3 Å². The maximum Gasteiger partial charge on any atom is 0.408 e. The number of aliphatic hydroxyl groups is 1. The second-order valence-electron chi connectivity index (χ2n) is 6.59. The predicted molar refractivity (Wildman–Crippen MR) is 93.6 cm³/mol. The highest BCUT2D eigenvalue weighted by atomic mass is 32.1. The van der Waals surface area contributed by atoms with E-state index in [1.165, 1.54) is 18.4 Å². The van der Waals surface area contributed by atoms with Crippen LogP contribution >= 0.6 is 11.3 Å². The van der Waals surface area contributed by atoms with Crippen LogP contribution in [0.5, 0.6) is 5.75 Å². The molecule has 0 saturated heterocycles. The number of esters is 1. The summed E-state index contributed by atoms with van der Waals surface area (Å²) in [6, 6.07) is -0.550. The summed E-state index contributed by atoms with van der Waals surface area (Å²) in [6.07, 6.45) is -0.599. The Morgan fingerprint density at radius 3 is 2.80 bits per heavy atom. The van der Waals surface area contributed by atoms with Gasteiger partial charge in [-0.3, -0.25) is 0 Å². The summed E-state index contributed by atoms with van der Waals surface area (Å²) in [7, 11) is 1.32. The van der Waals surface area contributed by atoms with Gasteiger partial charge in [-0.25, -0.2) is 9.59 Å². The lowest BCUT2D eigenvalue weighted by atomic mass is 10.2. The molecule has 8 nitrogen and oxygen atoms in total. The zero-order chi connectivity index (χ0) is 18.6. The van der Waals surface area contributed by atoms with Crippen LogP contribution in [0.15, 0.2) is 5.38 Å². The SMILES string of the molecule is COC(=O)c1scc2c1N(C[C@H](CO)NC(=O)OC(C)(C)C)CCO2. The van der Waals surface area contributed by atoms with Crippen molar-refractivity contribution in [3.8, 4) is 5.75 Å². The molecular formula is C16H24N2O6S. The number of thiophene rings is 1. The van der Waals surface area contributed by atoms with Gasteiger partial charge < -0.3 is 29.5 Å². The van der Waals surface area contributed by atoms with Crippen LogP contribution < -0.4 is 15.0 Å². The third-order valence-corrected chi connectivity index (χ3v) is 4.35. The lowest BCUT2D eigenvalue weighted by Gasteiger charge is -2.33. The van der Waals surface area contributed by atoms with E-state index < -0.39 is 23.7 Å².